The normalized spacial score (nSPS) is 14.2. The monoisotopic (exact) mass is 451 g/mol. The van der Waals surface area contributed by atoms with Crippen LogP contribution in [-0.2, 0) is 4.79 Å². The fraction of sp³-hybridized carbons (Fsp3) is 0.385. The average molecular weight is 452 g/mol. The minimum absolute atomic E-state index is 0.00244. The van der Waals surface area contributed by atoms with Crippen LogP contribution in [0.1, 0.15) is 37.7 Å². The Kier molecular flexibility index (Phi) is 6.87. The quantitative estimate of drug-likeness (QED) is 0.564. The second kappa shape index (κ2) is 9.98. The van der Waals surface area contributed by atoms with Gasteiger partial charge in [-0.2, -0.15) is 0 Å². The van der Waals surface area contributed by atoms with Crippen LogP contribution in [0.5, 0.6) is 17.2 Å². The third-order valence-electron chi connectivity index (χ3n) is 5.97. The molecule has 0 spiro atoms. The van der Waals surface area contributed by atoms with E-state index in [0.29, 0.717) is 28.0 Å². The van der Waals surface area contributed by atoms with Gasteiger partial charge in [0, 0.05) is 11.6 Å². The zero-order valence-electron chi connectivity index (χ0n) is 19.2. The Bertz CT molecular complexity index is 1210. The van der Waals surface area contributed by atoms with Gasteiger partial charge in [-0.05, 0) is 55.7 Å². The molecule has 1 aliphatic carbocycles. The molecule has 1 aromatic heterocycles. The van der Waals surface area contributed by atoms with Crippen molar-refractivity contribution in [3.63, 3.8) is 0 Å². The van der Waals surface area contributed by atoms with Crippen molar-refractivity contribution in [3.05, 3.63) is 52.2 Å². The lowest BCUT2D eigenvalue weighted by Crippen LogP contribution is -2.39. The number of aryl methyl sites for hydroxylation is 1. The predicted octanol–water partition coefficient (Wildman–Crippen LogP) is 4.61. The number of rotatable bonds is 7. The lowest BCUT2D eigenvalue weighted by atomic mass is 9.95. The predicted molar refractivity (Wildman–Crippen MR) is 126 cm³/mol. The van der Waals surface area contributed by atoms with Crippen LogP contribution < -0.4 is 25.0 Å². The lowest BCUT2D eigenvalue weighted by molar-refractivity contribution is -0.124. The van der Waals surface area contributed by atoms with Gasteiger partial charge >= 0.3 is 0 Å². The number of ether oxygens (including phenoxy) is 3. The van der Waals surface area contributed by atoms with E-state index < -0.39 is 0 Å². The van der Waals surface area contributed by atoms with Crippen molar-refractivity contribution in [1.82, 2.24) is 5.32 Å². The maximum atomic E-state index is 13.3. The van der Waals surface area contributed by atoms with Crippen LogP contribution in [0.3, 0.4) is 0 Å². The van der Waals surface area contributed by atoms with E-state index >= 15 is 0 Å². The van der Waals surface area contributed by atoms with Gasteiger partial charge in [-0.3, -0.25) is 9.59 Å². The summed E-state index contributed by atoms with van der Waals surface area (Å²) in [4.78, 5) is 25.9. The molecule has 2 aromatic carbocycles. The summed E-state index contributed by atoms with van der Waals surface area (Å²) in [6.45, 7) is 1.66. The number of amides is 1. The molecule has 0 unspecified atom stereocenters. The molecule has 4 rings (SSSR count). The van der Waals surface area contributed by atoms with E-state index in [-0.39, 0.29) is 35.5 Å². The van der Waals surface area contributed by atoms with Gasteiger partial charge in [-0.1, -0.05) is 25.3 Å². The first-order chi connectivity index (χ1) is 16.0. The highest BCUT2D eigenvalue weighted by atomic mass is 16.5. The molecule has 0 bridgehead atoms. The third kappa shape index (κ3) is 4.97. The number of benzene rings is 2. The summed E-state index contributed by atoms with van der Waals surface area (Å²) in [5.74, 6) is 1.03. The fourth-order valence-electron chi connectivity index (χ4n) is 4.24. The van der Waals surface area contributed by atoms with E-state index in [1.807, 2.05) is 13.0 Å². The smallest absolute Gasteiger partial charge is 0.258 e. The van der Waals surface area contributed by atoms with Gasteiger partial charge in [0.1, 0.15) is 5.58 Å². The molecule has 7 nitrogen and oxygen atoms in total. The van der Waals surface area contributed by atoms with Gasteiger partial charge in [0.2, 0.25) is 11.2 Å². The topological polar surface area (TPSA) is 87.0 Å². The zero-order valence-corrected chi connectivity index (χ0v) is 19.2. The summed E-state index contributed by atoms with van der Waals surface area (Å²) >= 11 is 0. The third-order valence-corrected chi connectivity index (χ3v) is 5.97. The second-order valence-electron chi connectivity index (χ2n) is 8.35. The number of fused-ring (bicyclic) bond motifs is 1. The number of carbonyl (C=O) groups excluding carboxylic acids is 1. The van der Waals surface area contributed by atoms with Gasteiger partial charge in [0.25, 0.3) is 5.91 Å². The number of hydrogen-bond acceptors (Lipinski definition) is 6. The Hall–Kier alpha value is -3.48. The van der Waals surface area contributed by atoms with Crippen LogP contribution in [-0.4, -0.2) is 32.8 Å². The second-order valence-corrected chi connectivity index (χ2v) is 8.35. The summed E-state index contributed by atoms with van der Waals surface area (Å²) in [5, 5.41) is 3.41. The molecule has 1 aliphatic rings. The van der Waals surface area contributed by atoms with Gasteiger partial charge in [-0.15, -0.1) is 0 Å². The highest BCUT2D eigenvalue weighted by Gasteiger charge is 2.21. The summed E-state index contributed by atoms with van der Waals surface area (Å²) in [7, 11) is 3.09. The van der Waals surface area contributed by atoms with Crippen molar-refractivity contribution in [2.75, 3.05) is 20.8 Å². The standard InChI is InChI=1S/C26H29NO6/c1-16-9-11-19-21(13-16)33-25(17-10-12-20(30-2)22(14-17)31-3)26(24(19)29)32-15-23(28)27-18-7-5-4-6-8-18/h9-14,18H,4-8,15H2,1-3H3,(H,27,28). The van der Waals surface area contributed by atoms with Crippen LogP contribution >= 0.6 is 0 Å². The van der Waals surface area contributed by atoms with Crippen LogP contribution in [0.4, 0.5) is 0 Å². The van der Waals surface area contributed by atoms with Crippen LogP contribution in [0.2, 0.25) is 0 Å². The number of nitrogens with one attached hydrogen (secondary N) is 1. The summed E-state index contributed by atoms with van der Waals surface area (Å²) in [6, 6.07) is 10.7. The Morgan fingerprint density at radius 3 is 2.52 bits per heavy atom. The highest BCUT2D eigenvalue weighted by Crippen LogP contribution is 2.36. The molecule has 1 fully saturated rings. The highest BCUT2D eigenvalue weighted by molar-refractivity contribution is 5.83. The molecule has 0 radical (unpaired) electrons. The van der Waals surface area contributed by atoms with Crippen LogP contribution in [0, 0.1) is 6.92 Å². The summed E-state index contributed by atoms with van der Waals surface area (Å²) < 4.78 is 22.7. The van der Waals surface area contributed by atoms with E-state index in [2.05, 4.69) is 5.32 Å². The molecule has 0 saturated heterocycles. The summed E-state index contributed by atoms with van der Waals surface area (Å²) in [5.41, 5.74) is 1.66. The van der Waals surface area contributed by atoms with Gasteiger partial charge in [0.15, 0.2) is 23.9 Å². The van der Waals surface area contributed by atoms with E-state index in [1.165, 1.54) is 13.5 Å². The fourth-order valence-corrected chi connectivity index (χ4v) is 4.24. The molecule has 0 aliphatic heterocycles. The summed E-state index contributed by atoms with van der Waals surface area (Å²) in [6.07, 6.45) is 5.38. The number of hydrogen-bond donors (Lipinski definition) is 1. The van der Waals surface area contributed by atoms with Crippen molar-refractivity contribution >= 4 is 16.9 Å². The zero-order chi connectivity index (χ0) is 23.4. The van der Waals surface area contributed by atoms with Crippen LogP contribution in [0.15, 0.2) is 45.6 Å². The SMILES string of the molecule is COc1ccc(-c2oc3cc(C)ccc3c(=O)c2OCC(=O)NC2CCCCC2)cc1OC. The van der Waals surface area contributed by atoms with Crippen molar-refractivity contribution in [2.24, 2.45) is 0 Å². The average Bonchev–Trinajstić information content (AvgIpc) is 2.83. The maximum Gasteiger partial charge on any atom is 0.258 e. The molecule has 1 heterocycles. The number of methoxy groups -OCH3 is 2. The number of carbonyl (C=O) groups is 1. The Morgan fingerprint density at radius 1 is 1.03 bits per heavy atom. The minimum atomic E-state index is -0.327. The molecule has 3 aromatic rings. The van der Waals surface area contributed by atoms with Crippen molar-refractivity contribution < 1.29 is 23.4 Å². The van der Waals surface area contributed by atoms with E-state index in [4.69, 9.17) is 18.6 Å². The van der Waals surface area contributed by atoms with Crippen molar-refractivity contribution in [1.29, 1.82) is 0 Å². The van der Waals surface area contributed by atoms with E-state index in [1.54, 1.807) is 37.4 Å². The molecule has 33 heavy (non-hydrogen) atoms. The van der Waals surface area contributed by atoms with E-state index in [0.717, 1.165) is 31.2 Å². The first-order valence-electron chi connectivity index (χ1n) is 11.2. The maximum absolute atomic E-state index is 13.3. The largest absolute Gasteiger partial charge is 0.493 e. The first-order valence-corrected chi connectivity index (χ1v) is 11.2. The molecule has 174 valence electrons. The Labute approximate surface area is 192 Å². The first kappa shape index (κ1) is 22.7. The molecular weight excluding hydrogens is 422 g/mol. The molecule has 1 amide bonds. The van der Waals surface area contributed by atoms with Crippen molar-refractivity contribution in [3.8, 4) is 28.6 Å². The molecule has 7 heteroatoms. The van der Waals surface area contributed by atoms with Gasteiger partial charge < -0.3 is 23.9 Å². The lowest BCUT2D eigenvalue weighted by Gasteiger charge is -2.22. The van der Waals surface area contributed by atoms with E-state index in [9.17, 15) is 9.59 Å². The molecule has 0 atom stereocenters. The Morgan fingerprint density at radius 2 is 1.79 bits per heavy atom. The molecule has 1 saturated carbocycles. The Balaban J connectivity index is 1.71. The van der Waals surface area contributed by atoms with Gasteiger partial charge in [0.05, 0.1) is 19.6 Å². The molecular formula is C26H29NO6. The minimum Gasteiger partial charge on any atom is -0.493 e. The molecule has 1 N–H and O–H groups in total. The van der Waals surface area contributed by atoms with Crippen molar-refractivity contribution in [2.45, 2.75) is 45.1 Å². The van der Waals surface area contributed by atoms with Crippen LogP contribution in [0.25, 0.3) is 22.3 Å². The van der Waals surface area contributed by atoms with Gasteiger partial charge in [-0.25, -0.2) is 0 Å².